The van der Waals surface area contributed by atoms with Crippen LogP contribution >= 0.6 is 0 Å². The zero-order valence-corrected chi connectivity index (χ0v) is 53.6. The number of amides is 11. The topological polar surface area (TPSA) is 279 Å². The highest BCUT2D eigenvalue weighted by Gasteiger charge is 2.45. The molecular formula is C59H105N11O12. The number of aliphatic hydroxyl groups is 1. The fraction of sp³-hybridized carbons (Fsp3) is 0.780. The lowest BCUT2D eigenvalue weighted by molar-refractivity contribution is -0.157. The van der Waals surface area contributed by atoms with Gasteiger partial charge in [0.05, 0.1) is 19.2 Å². The lowest BCUT2D eigenvalue weighted by atomic mass is 9.91. The zero-order chi connectivity index (χ0) is 63.5. The third-order valence-electron chi connectivity index (χ3n) is 15.3. The molecule has 0 aliphatic carbocycles. The number of nitrogens with one attached hydrogen (secondary N) is 4. The maximum absolute atomic E-state index is 15.1. The molecule has 0 aromatic carbocycles. The highest BCUT2D eigenvalue weighted by Crippen LogP contribution is 2.25. The fourth-order valence-electron chi connectivity index (χ4n) is 10.1. The molecule has 0 bridgehead atoms. The third-order valence-corrected chi connectivity index (χ3v) is 15.3. The monoisotopic (exact) mass is 1160 g/mol. The van der Waals surface area contributed by atoms with Crippen molar-refractivity contribution in [3.05, 3.63) is 12.2 Å². The zero-order valence-electron chi connectivity index (χ0n) is 53.6. The number of aliphatic hydroxyl groups excluding tert-OH is 1. The second-order valence-corrected chi connectivity index (χ2v) is 24.5. The SMILES string of the molecule is C/C=C/C[C@@H](C)[C@@H](O)[C@H]1C(=O)N[C@@H](CC)C(=O)N(C)CC(=O)N(C)CC(=O)N[C@@H](C(C)C)C(=O)N(C)[C@@H](CC(C)C)C(=O)NC(CC)C(=O)N[C@H](C)C(=O)N(C)[C@@H](CC(C)C)C(=O)N(C)[C@H](CC(C)C)C(=O)N(C)[C@@H](C(C)C)C(=O)N1C. The van der Waals surface area contributed by atoms with Crippen molar-refractivity contribution in [2.45, 2.75) is 203 Å². The lowest BCUT2D eigenvalue weighted by Gasteiger charge is -2.41. The Labute approximate surface area is 489 Å². The Balaban J connectivity index is 4.22. The van der Waals surface area contributed by atoms with E-state index in [1.807, 2.05) is 41.5 Å². The molecule has 11 atom stereocenters. The molecule has 0 aromatic heterocycles. The Morgan fingerprint density at radius 2 is 0.939 bits per heavy atom. The van der Waals surface area contributed by atoms with E-state index in [9.17, 15) is 48.3 Å². The van der Waals surface area contributed by atoms with Crippen LogP contribution in [0.15, 0.2) is 12.2 Å². The summed E-state index contributed by atoms with van der Waals surface area (Å²) in [4.78, 5) is 166. The van der Waals surface area contributed by atoms with Crippen LogP contribution in [-0.2, 0) is 52.7 Å². The van der Waals surface area contributed by atoms with Crippen molar-refractivity contribution < 1.29 is 57.8 Å². The van der Waals surface area contributed by atoms with Gasteiger partial charge in [-0.25, -0.2) is 0 Å². The summed E-state index contributed by atoms with van der Waals surface area (Å²) in [5, 5.41) is 22.9. The second kappa shape index (κ2) is 33.8. The minimum absolute atomic E-state index is 0.0270. The number of likely N-dealkylation sites (N-methyl/N-ethyl adjacent to an activating group) is 7. The fourth-order valence-corrected chi connectivity index (χ4v) is 10.1. The smallest absolute Gasteiger partial charge is 0.246 e. The van der Waals surface area contributed by atoms with E-state index in [1.54, 1.807) is 67.5 Å². The normalized spacial score (nSPS) is 26.5. The van der Waals surface area contributed by atoms with Crippen LogP contribution in [0.3, 0.4) is 0 Å². The van der Waals surface area contributed by atoms with Gasteiger partial charge in [0.15, 0.2) is 0 Å². The van der Waals surface area contributed by atoms with Gasteiger partial charge in [-0.15, -0.1) is 0 Å². The molecule has 1 heterocycles. The van der Waals surface area contributed by atoms with Crippen LogP contribution in [-0.4, -0.2) is 227 Å². The minimum atomic E-state index is -1.60. The van der Waals surface area contributed by atoms with Gasteiger partial charge in [0, 0.05) is 49.3 Å². The van der Waals surface area contributed by atoms with E-state index < -0.39 is 156 Å². The first-order valence-corrected chi connectivity index (χ1v) is 29.3. The minimum Gasteiger partial charge on any atom is -0.390 e. The summed E-state index contributed by atoms with van der Waals surface area (Å²) in [6.07, 6.45) is 2.99. The van der Waals surface area contributed by atoms with Crippen LogP contribution in [0, 0.1) is 35.5 Å². The molecule has 1 aliphatic rings. The van der Waals surface area contributed by atoms with Gasteiger partial charge < -0.3 is 60.7 Å². The quantitative estimate of drug-likeness (QED) is 0.157. The van der Waals surface area contributed by atoms with Gasteiger partial charge >= 0.3 is 0 Å². The summed E-state index contributed by atoms with van der Waals surface area (Å²) in [6, 6.07) is -11.1. The molecule has 468 valence electrons. The van der Waals surface area contributed by atoms with Gasteiger partial charge in [0.2, 0.25) is 65.0 Å². The van der Waals surface area contributed by atoms with Gasteiger partial charge in [-0.1, -0.05) is 102 Å². The number of hydrogen-bond acceptors (Lipinski definition) is 12. The number of carbonyl (C=O) groups is 11. The number of carbonyl (C=O) groups excluding carboxylic acids is 11. The van der Waals surface area contributed by atoms with E-state index in [0.29, 0.717) is 6.42 Å². The Morgan fingerprint density at radius 1 is 0.488 bits per heavy atom. The second-order valence-electron chi connectivity index (χ2n) is 24.5. The van der Waals surface area contributed by atoms with Crippen LogP contribution in [0.5, 0.6) is 0 Å². The Morgan fingerprint density at radius 3 is 1.40 bits per heavy atom. The van der Waals surface area contributed by atoms with Crippen LogP contribution in [0.4, 0.5) is 0 Å². The largest absolute Gasteiger partial charge is 0.390 e. The third kappa shape index (κ3) is 20.6. The van der Waals surface area contributed by atoms with Gasteiger partial charge in [-0.05, 0) is 87.9 Å². The van der Waals surface area contributed by atoms with Crippen molar-refractivity contribution in [2.24, 2.45) is 35.5 Å². The van der Waals surface area contributed by atoms with Crippen molar-refractivity contribution in [1.82, 2.24) is 55.6 Å². The average Bonchev–Trinajstić information content (AvgIpc) is 3.61. The van der Waals surface area contributed by atoms with Crippen molar-refractivity contribution in [3.63, 3.8) is 0 Å². The van der Waals surface area contributed by atoms with Gasteiger partial charge in [0.25, 0.3) is 0 Å². The van der Waals surface area contributed by atoms with Crippen LogP contribution in [0.1, 0.15) is 142 Å². The number of hydrogen-bond donors (Lipinski definition) is 5. The first-order valence-electron chi connectivity index (χ1n) is 29.3. The van der Waals surface area contributed by atoms with E-state index in [2.05, 4.69) is 21.3 Å². The molecule has 23 nitrogen and oxygen atoms in total. The molecule has 23 heteroatoms. The Kier molecular flexibility index (Phi) is 30.5. The molecule has 1 fully saturated rings. The molecule has 1 aliphatic heterocycles. The molecule has 0 saturated carbocycles. The van der Waals surface area contributed by atoms with Crippen molar-refractivity contribution in [3.8, 4) is 0 Å². The molecule has 1 unspecified atom stereocenters. The first-order chi connectivity index (χ1) is 37.9. The van der Waals surface area contributed by atoms with Gasteiger partial charge in [-0.3, -0.25) is 52.7 Å². The predicted molar refractivity (Wildman–Crippen MR) is 315 cm³/mol. The van der Waals surface area contributed by atoms with E-state index in [-0.39, 0.29) is 49.9 Å². The van der Waals surface area contributed by atoms with Crippen LogP contribution in [0.2, 0.25) is 0 Å². The lowest BCUT2D eigenvalue weighted by Crippen LogP contribution is -2.63. The standard InChI is InChI=1S/C59H105N11O12/c1-23-26-27-38(14)50(73)49-53(76)62-41(25-3)55(78)65(17)32-46(72)64(16)31-45(71)63-47(36(10)11)58(81)66(18)42(28-33(4)5)52(75)61-40(24-2)51(74)60-39(15)54(77)67(19)43(29-34(6)7)56(79)68(20)44(30-35(8)9)57(80)69(21)48(37(12)13)59(82)70(49)22/h23,26,33-44,47-50,73H,24-25,27-32H2,1-22H3,(H,60,74)(H,61,75)(H,62,76)(H,63,71)/b26-23+/t38-,39-,40?,41+,42+,43+,44-,47+,48+,49+,50-/m1/s1. The molecule has 0 spiro atoms. The Hall–Kier alpha value is -6.13. The molecule has 0 aromatic rings. The summed E-state index contributed by atoms with van der Waals surface area (Å²) in [6.45, 7) is 25.3. The maximum Gasteiger partial charge on any atom is 0.246 e. The van der Waals surface area contributed by atoms with Crippen molar-refractivity contribution in [2.75, 3.05) is 62.4 Å². The van der Waals surface area contributed by atoms with Crippen LogP contribution < -0.4 is 21.3 Å². The Bertz CT molecular complexity index is 2240. The van der Waals surface area contributed by atoms with E-state index in [4.69, 9.17) is 0 Å². The van der Waals surface area contributed by atoms with Crippen molar-refractivity contribution in [1.29, 1.82) is 0 Å². The van der Waals surface area contributed by atoms with E-state index in [0.717, 1.165) is 14.7 Å². The van der Waals surface area contributed by atoms with E-state index >= 15 is 9.59 Å². The first kappa shape index (κ1) is 73.9. The average molecular weight is 1160 g/mol. The highest BCUT2D eigenvalue weighted by molar-refractivity contribution is 5.99. The number of allylic oxidation sites excluding steroid dienone is 2. The molecule has 1 rings (SSSR count). The van der Waals surface area contributed by atoms with Gasteiger partial charge in [0.1, 0.15) is 54.4 Å². The molecule has 82 heavy (non-hydrogen) atoms. The summed E-state index contributed by atoms with van der Waals surface area (Å²) >= 11 is 0. The number of rotatable bonds is 14. The molecular weight excluding hydrogens is 1050 g/mol. The summed E-state index contributed by atoms with van der Waals surface area (Å²) in [5.74, 6) is -9.55. The summed E-state index contributed by atoms with van der Waals surface area (Å²) < 4.78 is 0. The highest BCUT2D eigenvalue weighted by atomic mass is 16.3. The summed E-state index contributed by atoms with van der Waals surface area (Å²) in [7, 11) is 9.81. The van der Waals surface area contributed by atoms with Crippen molar-refractivity contribution >= 4 is 65.0 Å². The summed E-state index contributed by atoms with van der Waals surface area (Å²) in [5.41, 5.74) is 0. The molecule has 0 radical (unpaired) electrons. The predicted octanol–water partition coefficient (Wildman–Crippen LogP) is 2.24. The van der Waals surface area contributed by atoms with E-state index in [1.165, 1.54) is 75.9 Å². The maximum atomic E-state index is 15.1. The number of nitrogens with zero attached hydrogens (tertiary/aromatic N) is 7. The molecule has 1 saturated heterocycles. The van der Waals surface area contributed by atoms with Crippen LogP contribution in [0.25, 0.3) is 0 Å². The molecule has 11 amide bonds. The van der Waals surface area contributed by atoms with Gasteiger partial charge in [-0.2, -0.15) is 0 Å². The molecule has 5 N–H and O–H groups in total.